The standard InChI is InChI=1S/C12H12N4O2/c1-16-12(14-9-15-16)8-18-11-5-10(3-2-4-17)6-13-7-11/h5-7,9,17H,4,8H2,1H3. The number of nitrogens with zero attached hydrogens (tertiary/aromatic N) is 4. The van der Waals surface area contributed by atoms with Crippen LogP contribution in [-0.2, 0) is 13.7 Å². The Labute approximate surface area is 104 Å². The van der Waals surface area contributed by atoms with Crippen LogP contribution >= 0.6 is 0 Å². The largest absolute Gasteiger partial charge is 0.484 e. The molecule has 2 aromatic heterocycles. The van der Waals surface area contributed by atoms with Crippen LogP contribution in [0, 0.1) is 11.8 Å². The fraction of sp³-hybridized carbons (Fsp3) is 0.250. The Kier molecular flexibility index (Phi) is 3.89. The van der Waals surface area contributed by atoms with Crippen molar-refractivity contribution in [3.8, 4) is 17.6 Å². The SMILES string of the molecule is Cn1ncnc1COc1cncc(C#CCO)c1. The van der Waals surface area contributed by atoms with E-state index in [2.05, 4.69) is 26.9 Å². The number of aromatic nitrogens is 4. The lowest BCUT2D eigenvalue weighted by atomic mass is 10.3. The maximum Gasteiger partial charge on any atom is 0.164 e. The molecule has 0 aliphatic heterocycles. The molecule has 0 atom stereocenters. The van der Waals surface area contributed by atoms with Gasteiger partial charge in [-0.15, -0.1) is 0 Å². The molecule has 1 N–H and O–H groups in total. The minimum Gasteiger partial charge on any atom is -0.484 e. The smallest absolute Gasteiger partial charge is 0.164 e. The number of aryl methyl sites for hydroxylation is 1. The molecule has 2 heterocycles. The van der Waals surface area contributed by atoms with E-state index >= 15 is 0 Å². The van der Waals surface area contributed by atoms with Gasteiger partial charge in [-0.05, 0) is 6.07 Å². The monoisotopic (exact) mass is 244 g/mol. The van der Waals surface area contributed by atoms with Crippen molar-refractivity contribution in [3.05, 3.63) is 36.2 Å². The van der Waals surface area contributed by atoms with Crippen LogP contribution in [0.4, 0.5) is 0 Å². The highest BCUT2D eigenvalue weighted by atomic mass is 16.5. The lowest BCUT2D eigenvalue weighted by Gasteiger charge is -2.04. The molecule has 18 heavy (non-hydrogen) atoms. The molecule has 0 aliphatic rings. The highest BCUT2D eigenvalue weighted by Crippen LogP contribution is 2.11. The molecule has 0 aromatic carbocycles. The zero-order valence-corrected chi connectivity index (χ0v) is 9.87. The Balaban J connectivity index is 2.03. The predicted octanol–water partition coefficient (Wildman–Crippen LogP) is 0.133. The van der Waals surface area contributed by atoms with Crippen LogP contribution in [0.5, 0.6) is 5.75 Å². The zero-order valence-electron chi connectivity index (χ0n) is 9.87. The third-order valence-electron chi connectivity index (χ3n) is 2.20. The van der Waals surface area contributed by atoms with Crippen LogP contribution in [0.15, 0.2) is 24.8 Å². The molecular formula is C12H12N4O2. The third-order valence-corrected chi connectivity index (χ3v) is 2.20. The Morgan fingerprint density at radius 3 is 3.06 bits per heavy atom. The molecule has 0 fully saturated rings. The summed E-state index contributed by atoms with van der Waals surface area (Å²) in [6.45, 7) is 0.138. The Hall–Kier alpha value is -2.39. The van der Waals surface area contributed by atoms with E-state index in [0.29, 0.717) is 17.9 Å². The molecule has 0 saturated carbocycles. The van der Waals surface area contributed by atoms with Crippen LogP contribution in [0.3, 0.4) is 0 Å². The van der Waals surface area contributed by atoms with Crippen LogP contribution < -0.4 is 4.74 Å². The summed E-state index contributed by atoms with van der Waals surface area (Å²) in [5.74, 6) is 6.64. The number of aliphatic hydroxyl groups excluding tert-OH is 1. The highest BCUT2D eigenvalue weighted by molar-refractivity contribution is 5.36. The Morgan fingerprint density at radius 1 is 1.44 bits per heavy atom. The van der Waals surface area contributed by atoms with E-state index < -0.39 is 0 Å². The fourth-order valence-electron chi connectivity index (χ4n) is 1.31. The van der Waals surface area contributed by atoms with Crippen molar-refractivity contribution in [2.24, 2.45) is 7.05 Å². The molecule has 0 saturated heterocycles. The van der Waals surface area contributed by atoms with Crippen molar-refractivity contribution in [1.82, 2.24) is 19.7 Å². The lowest BCUT2D eigenvalue weighted by molar-refractivity contribution is 0.288. The fourth-order valence-corrected chi connectivity index (χ4v) is 1.31. The zero-order chi connectivity index (χ0) is 12.8. The van der Waals surface area contributed by atoms with Gasteiger partial charge in [-0.2, -0.15) is 5.10 Å². The second kappa shape index (κ2) is 5.80. The average Bonchev–Trinajstić information content (AvgIpc) is 2.80. The first kappa shape index (κ1) is 12.1. The van der Waals surface area contributed by atoms with Gasteiger partial charge in [0.05, 0.1) is 6.20 Å². The summed E-state index contributed by atoms with van der Waals surface area (Å²) in [4.78, 5) is 8.06. The second-order valence-electron chi connectivity index (χ2n) is 3.46. The van der Waals surface area contributed by atoms with Gasteiger partial charge in [0.25, 0.3) is 0 Å². The molecule has 0 bridgehead atoms. The summed E-state index contributed by atoms with van der Waals surface area (Å²) in [5.41, 5.74) is 0.694. The maximum atomic E-state index is 8.61. The Morgan fingerprint density at radius 2 is 2.33 bits per heavy atom. The summed E-state index contributed by atoms with van der Waals surface area (Å²) in [5, 5.41) is 12.6. The van der Waals surface area contributed by atoms with E-state index in [4.69, 9.17) is 9.84 Å². The number of hydrogen-bond acceptors (Lipinski definition) is 5. The van der Waals surface area contributed by atoms with Crippen LogP contribution in [-0.4, -0.2) is 31.5 Å². The highest BCUT2D eigenvalue weighted by Gasteiger charge is 2.02. The quantitative estimate of drug-likeness (QED) is 0.777. The van der Waals surface area contributed by atoms with E-state index in [1.807, 2.05) is 0 Å². The molecule has 0 aliphatic carbocycles. The summed E-state index contributed by atoms with van der Waals surface area (Å²) >= 11 is 0. The molecule has 0 unspecified atom stereocenters. The van der Waals surface area contributed by atoms with Gasteiger partial charge in [-0.3, -0.25) is 9.67 Å². The van der Waals surface area contributed by atoms with Crippen LogP contribution in [0.1, 0.15) is 11.4 Å². The summed E-state index contributed by atoms with van der Waals surface area (Å²) in [7, 11) is 1.80. The van der Waals surface area contributed by atoms with Gasteiger partial charge in [0.2, 0.25) is 0 Å². The third kappa shape index (κ3) is 3.06. The van der Waals surface area contributed by atoms with E-state index in [-0.39, 0.29) is 6.61 Å². The molecule has 2 rings (SSSR count). The van der Waals surface area contributed by atoms with Crippen molar-refractivity contribution >= 4 is 0 Å². The number of ether oxygens (including phenoxy) is 1. The lowest BCUT2D eigenvalue weighted by Crippen LogP contribution is -2.04. The molecule has 92 valence electrons. The van der Waals surface area contributed by atoms with Crippen molar-refractivity contribution in [3.63, 3.8) is 0 Å². The van der Waals surface area contributed by atoms with E-state index in [1.54, 1.807) is 30.2 Å². The van der Waals surface area contributed by atoms with Crippen molar-refractivity contribution in [1.29, 1.82) is 0 Å². The average molecular weight is 244 g/mol. The van der Waals surface area contributed by atoms with Gasteiger partial charge in [0.1, 0.15) is 25.3 Å². The first-order valence-corrected chi connectivity index (χ1v) is 5.30. The van der Waals surface area contributed by atoms with Gasteiger partial charge >= 0.3 is 0 Å². The maximum absolute atomic E-state index is 8.61. The first-order valence-electron chi connectivity index (χ1n) is 5.30. The van der Waals surface area contributed by atoms with E-state index in [9.17, 15) is 0 Å². The van der Waals surface area contributed by atoms with Crippen LogP contribution in [0.2, 0.25) is 0 Å². The van der Waals surface area contributed by atoms with Crippen molar-refractivity contribution < 1.29 is 9.84 Å². The molecule has 0 spiro atoms. The molecular weight excluding hydrogens is 232 g/mol. The molecule has 0 amide bonds. The van der Waals surface area contributed by atoms with Gasteiger partial charge in [-0.1, -0.05) is 11.8 Å². The Bertz CT molecular complexity index is 583. The molecule has 0 radical (unpaired) electrons. The minimum absolute atomic E-state index is 0.177. The normalized spacial score (nSPS) is 9.67. The van der Waals surface area contributed by atoms with Gasteiger partial charge in [0, 0.05) is 18.8 Å². The number of pyridine rings is 1. The van der Waals surface area contributed by atoms with Gasteiger partial charge in [-0.25, -0.2) is 4.98 Å². The van der Waals surface area contributed by atoms with E-state index in [0.717, 1.165) is 5.82 Å². The van der Waals surface area contributed by atoms with Gasteiger partial charge in [0.15, 0.2) is 5.82 Å². The number of aliphatic hydroxyl groups is 1. The molecule has 6 heteroatoms. The summed E-state index contributed by atoms with van der Waals surface area (Å²) in [6.07, 6.45) is 4.68. The van der Waals surface area contributed by atoms with Gasteiger partial charge < -0.3 is 9.84 Å². The van der Waals surface area contributed by atoms with Crippen LogP contribution in [0.25, 0.3) is 0 Å². The first-order chi connectivity index (χ1) is 8.79. The second-order valence-corrected chi connectivity index (χ2v) is 3.46. The van der Waals surface area contributed by atoms with Crippen molar-refractivity contribution in [2.75, 3.05) is 6.61 Å². The predicted molar refractivity (Wildman–Crippen MR) is 63.5 cm³/mol. The number of rotatable bonds is 3. The summed E-state index contributed by atoms with van der Waals surface area (Å²) < 4.78 is 7.18. The van der Waals surface area contributed by atoms with E-state index in [1.165, 1.54) is 6.33 Å². The molecule has 6 nitrogen and oxygen atoms in total. The number of hydrogen-bond donors (Lipinski definition) is 1. The molecule has 2 aromatic rings. The topological polar surface area (TPSA) is 73.1 Å². The van der Waals surface area contributed by atoms with Crippen molar-refractivity contribution in [2.45, 2.75) is 6.61 Å². The minimum atomic E-state index is -0.177. The summed E-state index contributed by atoms with van der Waals surface area (Å²) in [6, 6.07) is 1.76.